The van der Waals surface area contributed by atoms with Gasteiger partial charge in [0.1, 0.15) is 5.82 Å². The first-order valence-corrected chi connectivity index (χ1v) is 7.15. The zero-order chi connectivity index (χ0) is 15.0. The Bertz CT molecular complexity index is 829. The van der Waals surface area contributed by atoms with E-state index in [1.807, 2.05) is 0 Å². The number of nitrogens with zero attached hydrogens (tertiary/aromatic N) is 1. The number of thiazole rings is 1. The van der Waals surface area contributed by atoms with Gasteiger partial charge in [0, 0.05) is 5.69 Å². The predicted molar refractivity (Wildman–Crippen MR) is 83.4 cm³/mol. The van der Waals surface area contributed by atoms with E-state index in [9.17, 15) is 9.18 Å². The van der Waals surface area contributed by atoms with Crippen LogP contribution in [0.1, 0.15) is 10.4 Å². The average Bonchev–Trinajstić information content (AvgIpc) is 2.79. The molecule has 0 radical (unpaired) electrons. The minimum Gasteiger partial charge on any atom is -0.399 e. The van der Waals surface area contributed by atoms with Gasteiger partial charge < -0.3 is 5.73 Å². The molecule has 2 aromatic carbocycles. The van der Waals surface area contributed by atoms with E-state index in [4.69, 9.17) is 17.3 Å². The molecule has 0 aliphatic rings. The molecule has 0 fully saturated rings. The van der Waals surface area contributed by atoms with Crippen LogP contribution < -0.4 is 11.1 Å². The topological polar surface area (TPSA) is 68.0 Å². The van der Waals surface area contributed by atoms with E-state index in [0.29, 0.717) is 16.3 Å². The molecule has 3 N–H and O–H groups in total. The van der Waals surface area contributed by atoms with Crippen LogP contribution in [0.5, 0.6) is 0 Å². The summed E-state index contributed by atoms with van der Waals surface area (Å²) in [6.07, 6.45) is 0. The number of nitrogens with one attached hydrogen (secondary N) is 1. The van der Waals surface area contributed by atoms with E-state index < -0.39 is 11.7 Å². The van der Waals surface area contributed by atoms with E-state index >= 15 is 0 Å². The lowest BCUT2D eigenvalue weighted by atomic mass is 10.2. The Morgan fingerprint density at radius 3 is 2.90 bits per heavy atom. The van der Waals surface area contributed by atoms with Crippen molar-refractivity contribution in [3.05, 3.63) is 52.8 Å². The van der Waals surface area contributed by atoms with E-state index in [0.717, 1.165) is 4.70 Å². The second kappa shape index (κ2) is 5.31. The van der Waals surface area contributed by atoms with Crippen molar-refractivity contribution in [1.29, 1.82) is 0 Å². The van der Waals surface area contributed by atoms with E-state index in [1.54, 1.807) is 18.2 Å². The number of hydrogen-bond donors (Lipinski definition) is 2. The van der Waals surface area contributed by atoms with E-state index in [2.05, 4.69) is 10.3 Å². The number of halogens is 2. The highest BCUT2D eigenvalue weighted by Crippen LogP contribution is 2.28. The Morgan fingerprint density at radius 2 is 2.14 bits per heavy atom. The number of nitrogen functional groups attached to an aromatic ring is 1. The number of nitrogens with two attached hydrogens (primary N) is 1. The molecule has 0 saturated heterocycles. The van der Waals surface area contributed by atoms with Crippen LogP contribution in [-0.4, -0.2) is 10.9 Å². The molecule has 0 bridgehead atoms. The lowest BCUT2D eigenvalue weighted by Crippen LogP contribution is -2.14. The van der Waals surface area contributed by atoms with Crippen LogP contribution in [0.3, 0.4) is 0 Å². The Hall–Kier alpha value is -2.18. The monoisotopic (exact) mass is 321 g/mol. The van der Waals surface area contributed by atoms with Crippen LogP contribution in [-0.2, 0) is 0 Å². The van der Waals surface area contributed by atoms with Crippen molar-refractivity contribution >= 4 is 49.9 Å². The van der Waals surface area contributed by atoms with Crippen LogP contribution in [0, 0.1) is 5.82 Å². The molecule has 0 spiro atoms. The Morgan fingerprint density at radius 1 is 1.33 bits per heavy atom. The maximum atomic E-state index is 13.7. The molecule has 106 valence electrons. The minimum absolute atomic E-state index is 0.0536. The number of carbonyl (C=O) groups excluding carboxylic acids is 1. The second-order valence-electron chi connectivity index (χ2n) is 4.30. The molecule has 0 saturated carbocycles. The number of anilines is 2. The van der Waals surface area contributed by atoms with Crippen LogP contribution in [0.25, 0.3) is 10.2 Å². The molecule has 21 heavy (non-hydrogen) atoms. The number of fused-ring (bicyclic) bond motifs is 1. The molecule has 0 aliphatic carbocycles. The third kappa shape index (κ3) is 2.68. The Labute approximate surface area is 128 Å². The zero-order valence-electron chi connectivity index (χ0n) is 10.6. The summed E-state index contributed by atoms with van der Waals surface area (Å²) in [5.41, 5.74) is 6.82. The maximum absolute atomic E-state index is 13.7. The molecule has 3 rings (SSSR count). The van der Waals surface area contributed by atoms with Gasteiger partial charge in [-0.25, -0.2) is 9.37 Å². The lowest BCUT2D eigenvalue weighted by Gasteiger charge is -2.04. The summed E-state index contributed by atoms with van der Waals surface area (Å²) < 4.78 is 14.5. The highest BCUT2D eigenvalue weighted by molar-refractivity contribution is 7.22. The van der Waals surface area contributed by atoms with Crippen LogP contribution in [0.15, 0.2) is 36.4 Å². The van der Waals surface area contributed by atoms with Gasteiger partial charge in [0.2, 0.25) is 0 Å². The van der Waals surface area contributed by atoms with E-state index in [1.165, 1.54) is 29.5 Å². The van der Waals surface area contributed by atoms with Crippen molar-refractivity contribution in [3.63, 3.8) is 0 Å². The molecule has 1 amide bonds. The van der Waals surface area contributed by atoms with Crippen molar-refractivity contribution in [1.82, 2.24) is 4.98 Å². The van der Waals surface area contributed by atoms with Crippen molar-refractivity contribution in [2.75, 3.05) is 11.1 Å². The number of carbonyl (C=O) groups is 1. The molecule has 1 heterocycles. The molecule has 7 heteroatoms. The molecule has 0 aliphatic heterocycles. The van der Waals surface area contributed by atoms with Gasteiger partial charge in [-0.2, -0.15) is 0 Å². The summed E-state index contributed by atoms with van der Waals surface area (Å²) in [4.78, 5) is 16.4. The van der Waals surface area contributed by atoms with Crippen molar-refractivity contribution in [2.24, 2.45) is 0 Å². The molecule has 4 nitrogen and oxygen atoms in total. The predicted octanol–water partition coefficient (Wildman–Crippen LogP) is 3.92. The van der Waals surface area contributed by atoms with Gasteiger partial charge in [-0.3, -0.25) is 10.1 Å². The third-order valence-corrected chi connectivity index (χ3v) is 4.07. The first-order chi connectivity index (χ1) is 10.0. The Balaban J connectivity index is 1.93. The highest BCUT2D eigenvalue weighted by atomic mass is 35.5. The van der Waals surface area contributed by atoms with Crippen LogP contribution >= 0.6 is 22.9 Å². The average molecular weight is 322 g/mol. The summed E-state index contributed by atoms with van der Waals surface area (Å²) in [6, 6.07) is 9.32. The fourth-order valence-electron chi connectivity index (χ4n) is 1.87. The number of hydrogen-bond acceptors (Lipinski definition) is 4. The highest BCUT2D eigenvalue weighted by Gasteiger charge is 2.17. The van der Waals surface area contributed by atoms with Gasteiger partial charge >= 0.3 is 0 Å². The fourth-order valence-corrected chi connectivity index (χ4v) is 3.03. The number of aromatic nitrogens is 1. The maximum Gasteiger partial charge on any atom is 0.261 e. The quantitative estimate of drug-likeness (QED) is 0.703. The smallest absolute Gasteiger partial charge is 0.261 e. The normalized spacial score (nSPS) is 10.8. The SMILES string of the molecule is Nc1ccc2nc(NC(=O)c3c(F)cccc3Cl)sc2c1. The van der Waals surface area contributed by atoms with E-state index in [-0.39, 0.29) is 10.6 Å². The van der Waals surface area contributed by atoms with Crippen LogP contribution in [0.2, 0.25) is 5.02 Å². The molecular weight excluding hydrogens is 313 g/mol. The standard InChI is InChI=1S/C14H9ClFN3OS/c15-8-2-1-3-9(16)12(8)13(20)19-14-18-10-5-4-7(17)6-11(10)21-14/h1-6H,17H2,(H,18,19,20). The summed E-state index contributed by atoms with van der Waals surface area (Å²) in [5, 5.41) is 2.97. The number of amides is 1. The minimum atomic E-state index is -0.676. The molecule has 3 aromatic rings. The first-order valence-electron chi connectivity index (χ1n) is 5.96. The zero-order valence-corrected chi connectivity index (χ0v) is 12.1. The summed E-state index contributed by atoms with van der Waals surface area (Å²) in [5.74, 6) is -1.31. The van der Waals surface area contributed by atoms with Gasteiger partial charge in [0.25, 0.3) is 5.91 Å². The van der Waals surface area contributed by atoms with Gasteiger partial charge in [0.05, 0.1) is 20.8 Å². The van der Waals surface area contributed by atoms with Crippen molar-refractivity contribution < 1.29 is 9.18 Å². The van der Waals surface area contributed by atoms with Gasteiger partial charge in [-0.1, -0.05) is 29.0 Å². The summed E-state index contributed by atoms with van der Waals surface area (Å²) in [7, 11) is 0. The largest absolute Gasteiger partial charge is 0.399 e. The van der Waals surface area contributed by atoms with Crippen molar-refractivity contribution in [2.45, 2.75) is 0 Å². The van der Waals surface area contributed by atoms with Gasteiger partial charge in [-0.15, -0.1) is 0 Å². The van der Waals surface area contributed by atoms with Crippen LogP contribution in [0.4, 0.5) is 15.2 Å². The first kappa shape index (κ1) is 13.8. The van der Waals surface area contributed by atoms with Gasteiger partial charge in [-0.05, 0) is 30.3 Å². The Kier molecular flexibility index (Phi) is 3.48. The number of rotatable bonds is 2. The molecule has 0 atom stereocenters. The number of benzene rings is 2. The summed E-state index contributed by atoms with van der Waals surface area (Å²) >= 11 is 7.11. The molecule has 1 aromatic heterocycles. The fraction of sp³-hybridized carbons (Fsp3) is 0. The van der Waals surface area contributed by atoms with Gasteiger partial charge in [0.15, 0.2) is 5.13 Å². The summed E-state index contributed by atoms with van der Waals surface area (Å²) in [6.45, 7) is 0. The molecule has 0 unspecified atom stereocenters. The third-order valence-electron chi connectivity index (χ3n) is 2.82. The second-order valence-corrected chi connectivity index (χ2v) is 5.73. The van der Waals surface area contributed by atoms with Crippen molar-refractivity contribution in [3.8, 4) is 0 Å². The molecular formula is C14H9ClFN3OS. The lowest BCUT2D eigenvalue weighted by molar-refractivity contribution is 0.102.